The van der Waals surface area contributed by atoms with Gasteiger partial charge in [0, 0.05) is 40.0 Å². The number of fused-ring (bicyclic) bond motifs is 1. The third kappa shape index (κ3) is 5.92. The van der Waals surface area contributed by atoms with E-state index in [0.29, 0.717) is 12.1 Å². The molecule has 0 bridgehead atoms. The quantitative estimate of drug-likeness (QED) is 0.230. The Bertz CT molecular complexity index is 1650. The monoisotopic (exact) mass is 592 g/mol. The highest BCUT2D eigenvalue weighted by atomic mass is 35.5. The van der Waals surface area contributed by atoms with Crippen molar-refractivity contribution >= 4 is 23.2 Å². The maximum absolute atomic E-state index is 14.2. The Balaban J connectivity index is 1.61. The molecule has 3 aromatic carbocycles. The van der Waals surface area contributed by atoms with Crippen molar-refractivity contribution in [3.8, 4) is 17.6 Å². The van der Waals surface area contributed by atoms with Crippen LogP contribution in [0.25, 0.3) is 0 Å². The molecule has 0 fully saturated rings. The van der Waals surface area contributed by atoms with E-state index < -0.39 is 47.1 Å². The predicted molar refractivity (Wildman–Crippen MR) is 136 cm³/mol. The predicted octanol–water partition coefficient (Wildman–Crippen LogP) is 6.16. The third-order valence-corrected chi connectivity index (χ3v) is 6.47. The van der Waals surface area contributed by atoms with Gasteiger partial charge >= 0.3 is 12.2 Å². The molecule has 41 heavy (non-hydrogen) atoms. The van der Waals surface area contributed by atoms with Crippen molar-refractivity contribution < 1.29 is 41.3 Å². The van der Waals surface area contributed by atoms with Gasteiger partial charge in [0.2, 0.25) is 5.88 Å². The summed E-state index contributed by atoms with van der Waals surface area (Å²) in [4.78, 5) is 21.2. The Morgan fingerprint density at radius 2 is 1.83 bits per heavy atom. The molecule has 2 atom stereocenters. The van der Waals surface area contributed by atoms with Gasteiger partial charge in [-0.1, -0.05) is 11.6 Å². The summed E-state index contributed by atoms with van der Waals surface area (Å²) >= 11 is 6.31. The number of halogens is 6. The Morgan fingerprint density at radius 1 is 1.05 bits per heavy atom. The van der Waals surface area contributed by atoms with Crippen molar-refractivity contribution in [2.45, 2.75) is 18.4 Å². The number of methoxy groups -OCH3 is 1. The van der Waals surface area contributed by atoms with Crippen molar-refractivity contribution in [3.63, 3.8) is 0 Å². The standard InChI is InChI=1S/C27H18ClF5N4O4/c1-40-21-4-5-34-26(36-21)41-16-10-18-22(23(37-25(18)39)17-9-14(29)2-3-19(17)28)20(11-16)35-24(38)12-6-13(27(31,32)33)8-15(30)7-12/h2-11,23,25,37,39H,1H3,(H,35,38). The van der Waals surface area contributed by atoms with Gasteiger partial charge in [0.15, 0.2) is 0 Å². The van der Waals surface area contributed by atoms with E-state index in [9.17, 15) is 31.9 Å². The molecule has 1 aliphatic rings. The first kappa shape index (κ1) is 28.2. The molecule has 0 saturated carbocycles. The number of carbonyl (C=O) groups excluding carboxylic acids is 1. The van der Waals surface area contributed by atoms with Gasteiger partial charge in [-0.3, -0.25) is 10.1 Å². The largest absolute Gasteiger partial charge is 0.481 e. The van der Waals surface area contributed by atoms with Crippen LogP contribution in [0.15, 0.2) is 60.8 Å². The van der Waals surface area contributed by atoms with Crippen LogP contribution in [0.2, 0.25) is 5.02 Å². The number of hydrogen-bond acceptors (Lipinski definition) is 7. The smallest absolute Gasteiger partial charge is 0.416 e. The molecule has 0 aliphatic carbocycles. The summed E-state index contributed by atoms with van der Waals surface area (Å²) in [6.07, 6.45) is -4.92. The van der Waals surface area contributed by atoms with Gasteiger partial charge in [-0.25, -0.2) is 13.8 Å². The van der Waals surface area contributed by atoms with Crippen LogP contribution in [0.4, 0.5) is 27.6 Å². The average Bonchev–Trinajstić information content (AvgIpc) is 3.25. The van der Waals surface area contributed by atoms with Crippen LogP contribution < -0.4 is 20.1 Å². The van der Waals surface area contributed by atoms with E-state index in [0.717, 1.165) is 12.1 Å². The molecule has 14 heteroatoms. The zero-order chi connectivity index (χ0) is 29.5. The van der Waals surface area contributed by atoms with Crippen LogP contribution in [-0.2, 0) is 6.18 Å². The summed E-state index contributed by atoms with van der Waals surface area (Å²) in [5.74, 6) is -2.82. The lowest BCUT2D eigenvalue weighted by Gasteiger charge is -2.19. The highest BCUT2D eigenvalue weighted by Crippen LogP contribution is 2.45. The number of nitrogens with one attached hydrogen (secondary N) is 2. The Labute approximate surface area is 233 Å². The Kier molecular flexibility index (Phi) is 7.51. The van der Waals surface area contributed by atoms with Crippen molar-refractivity contribution in [1.29, 1.82) is 0 Å². The minimum absolute atomic E-state index is 0.00867. The molecule has 1 aliphatic heterocycles. The van der Waals surface area contributed by atoms with Gasteiger partial charge in [0.25, 0.3) is 5.91 Å². The van der Waals surface area contributed by atoms with Gasteiger partial charge in [0.1, 0.15) is 23.6 Å². The van der Waals surface area contributed by atoms with Crippen molar-refractivity contribution in [2.24, 2.45) is 0 Å². The summed E-state index contributed by atoms with van der Waals surface area (Å²) in [5, 5.41) is 16.3. The average molecular weight is 593 g/mol. The van der Waals surface area contributed by atoms with Crippen molar-refractivity contribution in [3.05, 3.63) is 105 Å². The van der Waals surface area contributed by atoms with Crippen molar-refractivity contribution in [1.82, 2.24) is 15.3 Å². The number of ether oxygens (including phenoxy) is 2. The SMILES string of the molecule is COc1ccnc(Oc2cc(NC(=O)c3cc(F)cc(C(F)(F)F)c3)c3c(c2)C(O)NC3c2cc(F)ccc2Cl)n1. The molecule has 2 heterocycles. The first-order valence-electron chi connectivity index (χ1n) is 11.7. The second kappa shape index (κ2) is 10.9. The van der Waals surface area contributed by atoms with E-state index in [2.05, 4.69) is 20.6 Å². The maximum Gasteiger partial charge on any atom is 0.416 e. The summed E-state index contributed by atoms with van der Waals surface area (Å²) in [6, 6.07) is 8.01. The van der Waals surface area contributed by atoms with Crippen LogP contribution in [0.5, 0.6) is 17.6 Å². The van der Waals surface area contributed by atoms with Crippen LogP contribution in [-0.4, -0.2) is 28.1 Å². The van der Waals surface area contributed by atoms with E-state index in [1.165, 1.54) is 37.6 Å². The minimum Gasteiger partial charge on any atom is -0.481 e. The topological polar surface area (TPSA) is 106 Å². The summed E-state index contributed by atoms with van der Waals surface area (Å²) < 4.78 is 78.8. The maximum atomic E-state index is 14.2. The lowest BCUT2D eigenvalue weighted by molar-refractivity contribution is -0.137. The lowest BCUT2D eigenvalue weighted by atomic mass is 9.95. The Hall–Kier alpha value is -4.33. The fourth-order valence-electron chi connectivity index (χ4n) is 4.34. The highest BCUT2D eigenvalue weighted by Gasteiger charge is 2.36. The number of hydrogen-bond donors (Lipinski definition) is 3. The van der Waals surface area contributed by atoms with Crippen LogP contribution >= 0.6 is 11.6 Å². The highest BCUT2D eigenvalue weighted by molar-refractivity contribution is 6.31. The summed E-state index contributed by atoms with van der Waals surface area (Å²) in [7, 11) is 1.38. The zero-order valence-corrected chi connectivity index (χ0v) is 21.5. The molecule has 212 valence electrons. The second-order valence-electron chi connectivity index (χ2n) is 8.81. The minimum atomic E-state index is -4.91. The van der Waals surface area contributed by atoms with Gasteiger partial charge < -0.3 is 19.9 Å². The number of carbonyl (C=O) groups is 1. The van der Waals surface area contributed by atoms with Gasteiger partial charge in [-0.15, -0.1) is 0 Å². The molecular formula is C27H18ClF5N4O4. The molecular weight excluding hydrogens is 575 g/mol. The number of alkyl halides is 3. The first-order valence-corrected chi connectivity index (χ1v) is 12.1. The summed E-state index contributed by atoms with van der Waals surface area (Å²) in [6.45, 7) is 0. The lowest BCUT2D eigenvalue weighted by Crippen LogP contribution is -2.20. The van der Waals surface area contributed by atoms with Crippen molar-refractivity contribution in [2.75, 3.05) is 12.4 Å². The molecule has 1 aromatic heterocycles. The van der Waals surface area contributed by atoms with E-state index in [4.69, 9.17) is 21.1 Å². The van der Waals surface area contributed by atoms with Gasteiger partial charge in [0.05, 0.1) is 24.4 Å². The number of anilines is 1. The fourth-order valence-corrected chi connectivity index (χ4v) is 4.57. The third-order valence-electron chi connectivity index (χ3n) is 6.12. The molecule has 3 N–H and O–H groups in total. The van der Waals surface area contributed by atoms with E-state index >= 15 is 0 Å². The number of benzene rings is 3. The van der Waals surface area contributed by atoms with Gasteiger partial charge in [-0.05, 0) is 48.0 Å². The number of aliphatic hydroxyl groups is 1. The number of amides is 1. The molecule has 4 aromatic rings. The van der Waals surface area contributed by atoms with Crippen LogP contribution in [0.3, 0.4) is 0 Å². The van der Waals surface area contributed by atoms with E-state index in [1.807, 2.05) is 0 Å². The molecule has 0 radical (unpaired) electrons. The van der Waals surface area contributed by atoms with E-state index in [1.54, 1.807) is 0 Å². The fraction of sp³-hybridized carbons (Fsp3) is 0.148. The molecule has 0 saturated heterocycles. The molecule has 1 amide bonds. The first-order chi connectivity index (χ1) is 19.4. The second-order valence-corrected chi connectivity index (χ2v) is 9.21. The normalized spacial score (nSPS) is 16.3. The number of aromatic nitrogens is 2. The molecule has 0 spiro atoms. The van der Waals surface area contributed by atoms with E-state index in [-0.39, 0.29) is 51.1 Å². The summed E-state index contributed by atoms with van der Waals surface area (Å²) in [5.41, 5.74) is -1.46. The molecule has 8 nitrogen and oxygen atoms in total. The number of rotatable bonds is 6. The van der Waals surface area contributed by atoms with Gasteiger partial charge in [-0.2, -0.15) is 18.2 Å². The Morgan fingerprint density at radius 3 is 2.56 bits per heavy atom. The number of nitrogens with zero attached hydrogens (tertiary/aromatic N) is 2. The van der Waals surface area contributed by atoms with Crippen LogP contribution in [0.1, 0.15) is 44.9 Å². The molecule has 2 unspecified atom stereocenters. The molecule has 5 rings (SSSR count). The van der Waals surface area contributed by atoms with Crippen LogP contribution in [0, 0.1) is 11.6 Å². The zero-order valence-electron chi connectivity index (χ0n) is 20.8. The number of aliphatic hydroxyl groups excluding tert-OH is 1.